The van der Waals surface area contributed by atoms with Crippen LogP contribution in [0.5, 0.6) is 0 Å². The topological polar surface area (TPSA) is 84.3 Å². The van der Waals surface area contributed by atoms with Gasteiger partial charge in [0, 0.05) is 20.3 Å². The zero-order valence-corrected chi connectivity index (χ0v) is 15.2. The summed E-state index contributed by atoms with van der Waals surface area (Å²) in [5.41, 5.74) is 1.72. The van der Waals surface area contributed by atoms with Crippen LogP contribution < -0.4 is 4.72 Å². The van der Waals surface area contributed by atoms with E-state index in [9.17, 15) is 13.2 Å². The third-order valence-electron chi connectivity index (χ3n) is 4.29. The maximum atomic E-state index is 12.6. The number of carbonyl (C=O) groups excluding carboxylic acids is 1. The van der Waals surface area contributed by atoms with Crippen LogP contribution in [-0.2, 0) is 27.8 Å². The fourth-order valence-corrected chi connectivity index (χ4v) is 4.18. The fourth-order valence-electron chi connectivity index (χ4n) is 2.93. The van der Waals surface area contributed by atoms with Crippen molar-refractivity contribution in [3.63, 3.8) is 0 Å². The Kier molecular flexibility index (Phi) is 4.91. The molecule has 1 aliphatic carbocycles. The lowest BCUT2D eigenvalue weighted by atomic mass is 9.94. The van der Waals surface area contributed by atoms with Gasteiger partial charge in [-0.25, -0.2) is 13.1 Å². The zero-order valence-electron chi connectivity index (χ0n) is 14.3. The van der Waals surface area contributed by atoms with Gasteiger partial charge in [0.05, 0.1) is 16.6 Å². The van der Waals surface area contributed by atoms with Gasteiger partial charge in [-0.15, -0.1) is 0 Å². The van der Waals surface area contributed by atoms with E-state index in [-0.39, 0.29) is 23.4 Å². The van der Waals surface area contributed by atoms with E-state index in [0.29, 0.717) is 6.42 Å². The van der Waals surface area contributed by atoms with E-state index < -0.39 is 10.0 Å². The predicted octanol–water partition coefficient (Wildman–Crippen LogP) is 1.33. The number of carbonyl (C=O) groups is 1. The zero-order chi connectivity index (χ0) is 18.0. The van der Waals surface area contributed by atoms with E-state index in [4.69, 9.17) is 0 Å². The number of aryl methyl sites for hydroxylation is 1. The summed E-state index contributed by atoms with van der Waals surface area (Å²) in [5, 5.41) is 4.47. The molecule has 7 nitrogen and oxygen atoms in total. The van der Waals surface area contributed by atoms with Crippen LogP contribution in [0.4, 0.5) is 0 Å². The molecule has 0 saturated carbocycles. The first kappa shape index (κ1) is 17.6. The fraction of sp³-hybridized carbons (Fsp3) is 0.412. The van der Waals surface area contributed by atoms with E-state index in [1.807, 2.05) is 6.20 Å². The van der Waals surface area contributed by atoms with Crippen LogP contribution >= 0.6 is 0 Å². The third-order valence-corrected chi connectivity index (χ3v) is 5.77. The molecule has 0 spiro atoms. The van der Waals surface area contributed by atoms with Gasteiger partial charge in [-0.3, -0.25) is 9.48 Å². The number of fused-ring (bicyclic) bond motifs is 1. The maximum Gasteiger partial charge on any atom is 0.243 e. The monoisotopic (exact) mass is 362 g/mol. The summed E-state index contributed by atoms with van der Waals surface area (Å²) in [7, 11) is -0.210. The summed E-state index contributed by atoms with van der Waals surface area (Å²) >= 11 is 0. The first-order valence-corrected chi connectivity index (χ1v) is 9.69. The highest BCUT2D eigenvalue weighted by Gasteiger charge is 2.28. The predicted molar refractivity (Wildman–Crippen MR) is 93.4 cm³/mol. The highest BCUT2D eigenvalue weighted by Crippen LogP contribution is 2.30. The van der Waals surface area contributed by atoms with Crippen molar-refractivity contribution >= 4 is 15.9 Å². The van der Waals surface area contributed by atoms with Gasteiger partial charge in [0.2, 0.25) is 15.9 Å². The molecule has 0 unspecified atom stereocenters. The lowest BCUT2D eigenvalue weighted by molar-refractivity contribution is -0.129. The minimum Gasteiger partial charge on any atom is -0.347 e. The SMILES string of the molecule is CN(C)C(=O)Cn1cc2c(n1)[C@H](NS(=O)(=O)c1ccccc1)CCC2. The van der Waals surface area contributed by atoms with Gasteiger partial charge >= 0.3 is 0 Å². The van der Waals surface area contributed by atoms with Crippen molar-refractivity contribution in [1.82, 2.24) is 19.4 Å². The van der Waals surface area contributed by atoms with Gasteiger partial charge in [-0.1, -0.05) is 18.2 Å². The smallest absolute Gasteiger partial charge is 0.243 e. The molecule has 1 aliphatic rings. The molecule has 2 aromatic rings. The van der Waals surface area contributed by atoms with Gasteiger partial charge in [-0.05, 0) is 37.0 Å². The molecule has 0 radical (unpaired) electrons. The number of aromatic nitrogens is 2. The molecular formula is C17H22N4O3S. The highest BCUT2D eigenvalue weighted by atomic mass is 32.2. The number of benzene rings is 1. The number of amides is 1. The van der Waals surface area contributed by atoms with Gasteiger partial charge in [0.1, 0.15) is 6.54 Å². The van der Waals surface area contributed by atoms with Crippen LogP contribution in [0.1, 0.15) is 30.1 Å². The molecule has 0 aliphatic heterocycles. The van der Waals surface area contributed by atoms with E-state index in [2.05, 4.69) is 9.82 Å². The Morgan fingerprint density at radius 1 is 1.32 bits per heavy atom. The van der Waals surface area contributed by atoms with Crippen molar-refractivity contribution in [2.75, 3.05) is 14.1 Å². The second kappa shape index (κ2) is 6.97. The summed E-state index contributed by atoms with van der Waals surface area (Å²) in [5.74, 6) is -0.0544. The molecule has 0 bridgehead atoms. The van der Waals surface area contributed by atoms with E-state index >= 15 is 0 Å². The van der Waals surface area contributed by atoms with Crippen molar-refractivity contribution in [3.05, 3.63) is 47.8 Å². The van der Waals surface area contributed by atoms with Crippen LogP contribution in [0.3, 0.4) is 0 Å². The Morgan fingerprint density at radius 2 is 2.04 bits per heavy atom. The molecule has 1 atom stereocenters. The average molecular weight is 362 g/mol. The first-order valence-electron chi connectivity index (χ1n) is 8.20. The number of likely N-dealkylation sites (N-methyl/N-ethyl adjacent to an activating group) is 1. The van der Waals surface area contributed by atoms with Crippen LogP contribution in [0, 0.1) is 0 Å². The molecule has 0 fully saturated rings. The van der Waals surface area contributed by atoms with Gasteiger partial charge in [0.25, 0.3) is 0 Å². The average Bonchev–Trinajstić information content (AvgIpc) is 2.99. The second-order valence-corrected chi connectivity index (χ2v) is 8.12. The van der Waals surface area contributed by atoms with Crippen LogP contribution in [-0.4, -0.2) is 43.1 Å². The van der Waals surface area contributed by atoms with E-state index in [1.165, 1.54) is 4.90 Å². The summed E-state index contributed by atoms with van der Waals surface area (Å²) in [6, 6.07) is 7.94. The minimum atomic E-state index is -3.60. The Hall–Kier alpha value is -2.19. The molecule has 1 aromatic carbocycles. The lowest BCUT2D eigenvalue weighted by Crippen LogP contribution is -2.31. The summed E-state index contributed by atoms with van der Waals surface area (Å²) in [4.78, 5) is 13.6. The first-order chi connectivity index (χ1) is 11.9. The number of nitrogens with zero attached hydrogens (tertiary/aromatic N) is 3. The molecule has 0 saturated heterocycles. The minimum absolute atomic E-state index is 0.0544. The quantitative estimate of drug-likeness (QED) is 0.870. The summed E-state index contributed by atoms with van der Waals surface area (Å²) < 4.78 is 29.5. The van der Waals surface area contributed by atoms with Crippen molar-refractivity contribution in [2.45, 2.75) is 36.7 Å². The Morgan fingerprint density at radius 3 is 2.72 bits per heavy atom. The molecule has 3 rings (SSSR count). The Labute approximate surface area is 147 Å². The standard InChI is InChI=1S/C17H22N4O3S/c1-20(2)16(22)12-21-11-13-7-6-10-15(17(13)18-21)19-25(23,24)14-8-4-3-5-9-14/h3-5,8-9,11,15,19H,6-7,10,12H2,1-2H3/t15-/m1/s1. The molecule has 25 heavy (non-hydrogen) atoms. The van der Waals surface area contributed by atoms with Crippen LogP contribution in [0.2, 0.25) is 0 Å². The van der Waals surface area contributed by atoms with E-state index in [1.54, 1.807) is 49.1 Å². The molecule has 1 aromatic heterocycles. The Balaban J connectivity index is 1.82. The van der Waals surface area contributed by atoms with Crippen molar-refractivity contribution in [1.29, 1.82) is 0 Å². The lowest BCUT2D eigenvalue weighted by Gasteiger charge is -2.22. The molecule has 134 valence electrons. The second-order valence-electron chi connectivity index (χ2n) is 6.40. The molecule has 8 heteroatoms. The highest BCUT2D eigenvalue weighted by molar-refractivity contribution is 7.89. The van der Waals surface area contributed by atoms with Gasteiger partial charge in [-0.2, -0.15) is 5.10 Å². The molecule has 1 amide bonds. The summed E-state index contributed by atoms with van der Waals surface area (Å²) in [6.07, 6.45) is 4.26. The van der Waals surface area contributed by atoms with Gasteiger partial charge < -0.3 is 4.90 Å². The maximum absolute atomic E-state index is 12.6. The van der Waals surface area contributed by atoms with Crippen LogP contribution in [0.25, 0.3) is 0 Å². The number of hydrogen-bond donors (Lipinski definition) is 1. The Bertz CT molecular complexity index is 859. The van der Waals surface area contributed by atoms with Crippen molar-refractivity contribution < 1.29 is 13.2 Å². The largest absolute Gasteiger partial charge is 0.347 e. The number of sulfonamides is 1. The normalized spacial score (nSPS) is 17.1. The van der Waals surface area contributed by atoms with Crippen molar-refractivity contribution in [2.24, 2.45) is 0 Å². The van der Waals surface area contributed by atoms with Crippen LogP contribution in [0.15, 0.2) is 41.4 Å². The number of rotatable bonds is 5. The van der Waals surface area contributed by atoms with E-state index in [0.717, 1.165) is 24.1 Å². The van der Waals surface area contributed by atoms with Gasteiger partial charge in [0.15, 0.2) is 0 Å². The third kappa shape index (κ3) is 3.91. The number of nitrogens with one attached hydrogen (secondary N) is 1. The number of hydrogen-bond acceptors (Lipinski definition) is 4. The molecule has 1 N–H and O–H groups in total. The molecule has 1 heterocycles. The molecular weight excluding hydrogens is 340 g/mol. The van der Waals surface area contributed by atoms with Crippen molar-refractivity contribution in [3.8, 4) is 0 Å². The summed E-state index contributed by atoms with van der Waals surface area (Å²) in [6.45, 7) is 0.151.